The molecule has 0 amide bonds. The Morgan fingerprint density at radius 3 is 0.800 bits per heavy atom. The van der Waals surface area contributed by atoms with Gasteiger partial charge in [0.1, 0.15) is 54.9 Å². The van der Waals surface area contributed by atoms with Crippen LogP contribution in [0.25, 0.3) is 0 Å². The summed E-state index contributed by atoms with van der Waals surface area (Å²) < 4.78 is 284. The minimum absolute atomic E-state index is 0.195. The van der Waals surface area contributed by atoms with Gasteiger partial charge in [-0.3, -0.25) is 100 Å². The van der Waals surface area contributed by atoms with E-state index >= 15 is 0 Å². The van der Waals surface area contributed by atoms with Crippen molar-refractivity contribution in [2.45, 2.75) is 256 Å². The number of nitrogens with zero attached hydrogens (tertiary/aromatic N) is 7. The maximum Gasteiger partial charge on any atom is 0.330 e. The fourth-order valence-corrected chi connectivity index (χ4v) is 14.8. The lowest BCUT2D eigenvalue weighted by Crippen LogP contribution is -2.38. The number of methoxy groups -OCH3 is 7. The van der Waals surface area contributed by atoms with Gasteiger partial charge in [0.15, 0.2) is 43.6 Å². The predicted molar refractivity (Wildman–Crippen MR) is 461 cm³/mol. The fraction of sp³-hybridized carbons (Fsp3) is 0.663. The summed E-state index contributed by atoms with van der Waals surface area (Å²) >= 11 is 0. The molecule has 0 radical (unpaired) electrons. The van der Waals surface area contributed by atoms with Gasteiger partial charge in [-0.1, -0.05) is 62.3 Å². The zero-order valence-corrected chi connectivity index (χ0v) is 71.8. The van der Waals surface area contributed by atoms with Crippen molar-refractivity contribution in [2.24, 2.45) is 29.6 Å². The van der Waals surface area contributed by atoms with Crippen molar-refractivity contribution in [3.05, 3.63) is 232 Å². The van der Waals surface area contributed by atoms with Gasteiger partial charge in [-0.05, 0) is 46.4 Å². The zero-order valence-electron chi connectivity index (χ0n) is 98.8. The SMILES string of the molecule is [2H]C([2H])([2H])O[C@@H]1[C@H](C)[C@@H](C([2H])([2H])C)O[C@H]1n1ccc(=O)[nH]c1=O.[2H]C([2H])([2H])O[C@@H]1[C@H](C)[C@@H](C([2H])([2H])O)O[C@H]1n1ccc(=O)[nH]c1=O.[2H]C([2H])([2H])O[C@@H]1[C@H](C)[C@@H](CC)O[C@H]1n1ccc(=O)[nH]c1=O.[2H]C([2H])([2H])O[C@@H]1[C@H](C)[C@@H](CO)O[C@H]1n1ccc(=O)[nH]c1=O.[2H]C([2H])([2H])O[C@@H]1[C@H](C)[C@@H](COC(C)(C)C)O[C@H]1n1ccc(=O)[nH]c1=O.[2H]C([2H])([2H])O[C@@H]1[C@H](O)[C@@H](C([2H])([2H])C)O[C@H]1n1ccc(=O)[nH]c1=O.[2H]C([2H])([2H])O[C@@H]1[C@H](O)[C@@H](CC)O[C@H]1n1ccc(=O)[nH]c1=O. The maximum absolute atomic E-state index is 12.1. The Kier molecular flexibility index (Phi) is 26.4. The number of aromatic amines is 7. The Labute approximate surface area is 779 Å². The van der Waals surface area contributed by atoms with Crippen LogP contribution in [-0.4, -0.2) is 260 Å². The van der Waals surface area contributed by atoms with E-state index in [1.807, 2.05) is 54.6 Å². The van der Waals surface area contributed by atoms with Crippen LogP contribution in [0.15, 0.2) is 153 Å². The maximum atomic E-state index is 12.1. The molecular weight excluding hydrogens is 1720 g/mol. The Bertz CT molecular complexity index is 6270. The number of ether oxygens (including phenoxy) is 15. The van der Waals surface area contributed by atoms with Crippen LogP contribution in [0.3, 0.4) is 0 Å². The van der Waals surface area contributed by atoms with Gasteiger partial charge in [-0.2, -0.15) is 0 Å². The molecule has 11 N–H and O–H groups in total. The van der Waals surface area contributed by atoms with Crippen molar-refractivity contribution in [3.8, 4) is 0 Å². The number of rotatable bonds is 22. The average molecular weight is 1870 g/mol. The van der Waals surface area contributed by atoms with Crippen LogP contribution in [0.2, 0.25) is 0 Å². The zero-order chi connectivity index (χ0) is 119. The Balaban J connectivity index is 0.000000222. The molecule has 7 saturated heterocycles. The van der Waals surface area contributed by atoms with Crippen LogP contribution in [0.4, 0.5) is 0 Å². The summed E-state index contributed by atoms with van der Waals surface area (Å²) in [4.78, 5) is 176. The van der Waals surface area contributed by atoms with Gasteiger partial charge in [-0.25, -0.2) is 33.6 Å². The van der Waals surface area contributed by atoms with Gasteiger partial charge < -0.3 is 91.5 Å². The van der Waals surface area contributed by atoms with Gasteiger partial charge in [-0.15, -0.1) is 0 Å². The van der Waals surface area contributed by atoms with Crippen LogP contribution in [0.1, 0.15) is 189 Å². The average Bonchev–Trinajstić information content (AvgIpc) is 2.12. The van der Waals surface area contributed by atoms with Gasteiger partial charge in [0.25, 0.3) is 38.9 Å². The summed E-state index contributed by atoms with van der Waals surface area (Å²) in [5.74, 6) is -2.48. The number of hydrogen-bond donors (Lipinski definition) is 11. The van der Waals surface area contributed by atoms with E-state index in [2.05, 4.69) is 15.0 Å². The van der Waals surface area contributed by atoms with E-state index in [1.54, 1.807) is 27.7 Å². The molecule has 47 nitrogen and oxygen atoms in total. The topological polar surface area (TPSA) is 603 Å². The molecule has 7 aliphatic heterocycles. The summed E-state index contributed by atoms with van der Waals surface area (Å²) in [5.41, 5.74) is -9.96. The lowest BCUT2D eigenvalue weighted by atomic mass is 9.98. The first kappa shape index (κ1) is 71.7. The quantitative estimate of drug-likeness (QED) is 0.0367. The summed E-state index contributed by atoms with van der Waals surface area (Å²) in [6.45, 7) is 17.2. The second kappa shape index (κ2) is 47.9. The largest absolute Gasteiger partial charge is 0.394 e. The lowest BCUT2D eigenvalue weighted by Gasteiger charge is -2.24. The second-order valence-electron chi connectivity index (χ2n) is 31.2. The van der Waals surface area contributed by atoms with E-state index in [1.165, 1.54) is 57.0 Å². The van der Waals surface area contributed by atoms with Crippen molar-refractivity contribution >= 4 is 0 Å². The Morgan fingerprint density at radius 2 is 0.538 bits per heavy atom. The summed E-state index contributed by atoms with van der Waals surface area (Å²) in [7, 11) is -19.1. The van der Waals surface area contributed by atoms with Crippen LogP contribution >= 0.6 is 0 Å². The van der Waals surface area contributed by atoms with E-state index in [0.717, 1.165) is 81.6 Å². The molecular formula is C83H124N14O33. The lowest BCUT2D eigenvalue weighted by molar-refractivity contribution is -0.0969. The third-order valence-corrected chi connectivity index (χ3v) is 21.9. The number of aliphatic hydroxyl groups excluding tert-OH is 3. The van der Waals surface area contributed by atoms with Crippen LogP contribution in [-0.2, 0) is 71.1 Å². The predicted octanol–water partition coefficient (Wildman–Crippen LogP) is -1.52. The molecule has 0 bridgehead atoms. The normalized spacial score (nSPS) is 35.3. The molecule has 0 aromatic carbocycles. The highest BCUT2D eigenvalue weighted by Crippen LogP contribution is 2.41. The monoisotopic (exact) mass is 1870 g/mol. The third-order valence-electron chi connectivity index (χ3n) is 21.9. The van der Waals surface area contributed by atoms with Crippen molar-refractivity contribution in [3.63, 3.8) is 0 Å². The first-order chi connectivity index (χ1) is 71.7. The summed E-state index contributed by atoms with van der Waals surface area (Å²) in [6, 6.07) is 7.70. The van der Waals surface area contributed by atoms with E-state index in [4.69, 9.17) is 108 Å². The number of H-pyrrole nitrogens is 7. The van der Waals surface area contributed by atoms with Gasteiger partial charge in [0.2, 0.25) is 0 Å². The summed E-state index contributed by atoms with van der Waals surface area (Å²) in [6.07, 6.45) is -18.8. The molecule has 7 aliphatic rings. The fourth-order valence-electron chi connectivity index (χ4n) is 14.8. The molecule has 0 unspecified atom stereocenters. The Hall–Kier alpha value is -10.00. The second-order valence-corrected chi connectivity index (χ2v) is 31.2. The Morgan fingerprint density at radius 1 is 0.323 bits per heavy atom. The van der Waals surface area contributed by atoms with Crippen LogP contribution in [0.5, 0.6) is 0 Å². The molecule has 47 heteroatoms. The number of hydrogen-bond acceptors (Lipinski definition) is 33. The molecule has 0 spiro atoms. The smallest absolute Gasteiger partial charge is 0.330 e. The number of nitrogens with one attached hydrogen (secondary N) is 7. The van der Waals surface area contributed by atoms with Crippen LogP contribution in [0, 0.1) is 29.6 Å². The van der Waals surface area contributed by atoms with E-state index < -0.39 is 306 Å². The number of aromatic nitrogens is 14. The number of aliphatic hydroxyl groups is 4. The highest BCUT2D eigenvalue weighted by Gasteiger charge is 2.50. The minimum atomic E-state index is -2.89. The highest BCUT2D eigenvalue weighted by atomic mass is 16.6. The van der Waals surface area contributed by atoms with Gasteiger partial charge in [0.05, 0.1) is 99.6 Å². The third kappa shape index (κ3) is 25.2. The molecule has 724 valence electrons. The molecule has 14 heterocycles. The first-order valence-electron chi connectivity index (χ1n) is 53.6. The van der Waals surface area contributed by atoms with E-state index in [0.29, 0.717) is 12.8 Å². The van der Waals surface area contributed by atoms with Gasteiger partial charge >= 0.3 is 39.8 Å². The van der Waals surface area contributed by atoms with E-state index in [-0.39, 0.29) is 31.2 Å². The minimum Gasteiger partial charge on any atom is -0.394 e. The molecule has 7 aromatic rings. The molecule has 0 saturated carbocycles. The van der Waals surface area contributed by atoms with Crippen molar-refractivity contribution in [1.29, 1.82) is 0 Å². The molecule has 130 heavy (non-hydrogen) atoms. The molecule has 28 atom stereocenters. The van der Waals surface area contributed by atoms with Crippen molar-refractivity contribution in [2.75, 3.05) is 69.0 Å². The van der Waals surface area contributed by atoms with Gasteiger partial charge in [0, 0.05) is 170 Å². The molecule has 0 aliphatic carbocycles. The van der Waals surface area contributed by atoms with Crippen molar-refractivity contribution < 1.29 is 128 Å². The first-order valence-corrected chi connectivity index (χ1v) is 40.1. The van der Waals surface area contributed by atoms with Crippen molar-refractivity contribution in [1.82, 2.24) is 66.9 Å². The standard InChI is InChI=1S/C15H24N2O5.2C12H18N2O4.4C11H16N2O5/c1-9-10(8-21-15(2,3)4)22-13(12(9)20-5)17-7-6-11(18)16-14(17)19;2*1-4-8-7(2)10(17-3)11(18-8)14-6-5-9(15)13-12(14)16;2*1-6-7(5-14)18-10(9(6)17-2)13-4-3-8(15)12-11(13)16;2*1-3-6-8(15)9(17-2)10(18-6)13-5-4-7(14)12-11(13)16/h6-7,9-10,12-13H,8H2,1-5H3,(H,16,18,19);2*5-8,10-11H,4H2,1-3H3,(H,13,15,16);2*3-4,6-7,9-10,14H,5H2,1-2H3,(H,12,15,16);2*4-6,8-10,15H,3H2,1-2H3,(H,12,14,16)/t9-,10-,12-,13-;2*7-,8-,10-,11-;2*6-,7-,9-,10-;2*6-,8-,9-,10-/m1111111/s1/i5D3;3D3,4D2;3D3;2D3,5D2;2D3;2D3,3D2;2D3. The molecule has 14 rings (SSSR count). The molecule has 7 aromatic heterocycles. The highest BCUT2D eigenvalue weighted by molar-refractivity contribution is 5.01. The molecule has 7 fully saturated rings. The summed E-state index contributed by atoms with van der Waals surface area (Å²) in [5, 5.41) is 39.1. The van der Waals surface area contributed by atoms with E-state index in [9.17, 15) is 87.5 Å². The van der Waals surface area contributed by atoms with Crippen LogP contribution < -0.4 is 78.7 Å².